The zero-order valence-corrected chi connectivity index (χ0v) is 16.3. The van der Waals surface area contributed by atoms with E-state index in [2.05, 4.69) is 20.1 Å². The van der Waals surface area contributed by atoms with E-state index in [1.54, 1.807) is 22.6 Å². The molecule has 0 heterocycles. The van der Waals surface area contributed by atoms with Crippen LogP contribution in [0.1, 0.15) is 41.5 Å². The zero-order valence-electron chi connectivity index (χ0n) is 13.0. The molecule has 0 fully saturated rings. The van der Waals surface area contributed by atoms with Gasteiger partial charge < -0.3 is 9.05 Å². The first-order valence-corrected chi connectivity index (χ1v) is 12.2. The molecule has 0 aliphatic carbocycles. The standard InChI is InChI=1S/C12H27O3PS3/c1-8-17-12(19(7)18-9-2)16(13,14-10(3)4)15-11(5)6/h10-11H,8-9H2,1-7H3. The third-order valence-corrected chi connectivity index (χ3v) is 11.8. The van der Waals surface area contributed by atoms with Gasteiger partial charge in [-0.2, -0.15) is 0 Å². The Morgan fingerprint density at radius 3 is 1.89 bits per heavy atom. The normalized spacial score (nSPS) is 14.6. The Labute approximate surface area is 129 Å². The molecule has 1 unspecified atom stereocenters. The van der Waals surface area contributed by atoms with Crippen molar-refractivity contribution < 1.29 is 13.6 Å². The van der Waals surface area contributed by atoms with Crippen molar-refractivity contribution in [2.45, 2.75) is 53.8 Å². The van der Waals surface area contributed by atoms with Gasteiger partial charge in [-0.15, -0.1) is 0 Å². The first-order chi connectivity index (χ1) is 8.76. The van der Waals surface area contributed by atoms with Crippen LogP contribution in [0.15, 0.2) is 0 Å². The van der Waals surface area contributed by atoms with E-state index in [0.29, 0.717) is 0 Å². The fraction of sp³-hybridized carbons (Fsp3) is 0.917. The summed E-state index contributed by atoms with van der Waals surface area (Å²) in [7, 11) is -1.50. The molecule has 0 rings (SSSR count). The molecule has 0 saturated heterocycles. The topological polar surface area (TPSA) is 35.5 Å². The van der Waals surface area contributed by atoms with Gasteiger partial charge in [-0.05, 0) is 33.4 Å². The van der Waals surface area contributed by atoms with Crippen LogP contribution in [0.5, 0.6) is 0 Å². The smallest absolute Gasteiger partial charge is 0.250 e. The molecule has 1 atom stereocenters. The van der Waals surface area contributed by atoms with Crippen molar-refractivity contribution in [2.75, 3.05) is 17.8 Å². The summed E-state index contributed by atoms with van der Waals surface area (Å²) in [6.45, 7) is 11.8. The molecular weight excluding hydrogens is 319 g/mol. The Bertz CT molecular complexity index is 273. The predicted octanol–water partition coefficient (Wildman–Crippen LogP) is 5.15. The molecule has 0 aromatic carbocycles. The molecule has 0 saturated carbocycles. The van der Waals surface area contributed by atoms with Gasteiger partial charge in [0.05, 0.1) is 33.6 Å². The molecule has 116 valence electrons. The summed E-state index contributed by atoms with van der Waals surface area (Å²) in [5.41, 5.74) is 0. The van der Waals surface area contributed by atoms with E-state index in [1.807, 2.05) is 27.7 Å². The third-order valence-electron chi connectivity index (χ3n) is 1.73. The van der Waals surface area contributed by atoms with Crippen LogP contribution in [0.3, 0.4) is 0 Å². The molecule has 0 radical (unpaired) electrons. The molecule has 0 amide bonds. The molecule has 0 bridgehead atoms. The Kier molecular flexibility index (Phi) is 10.6. The van der Waals surface area contributed by atoms with Gasteiger partial charge >= 0.3 is 0 Å². The minimum absolute atomic E-state index is 0.110. The Hall–Kier alpha value is 1.20. The van der Waals surface area contributed by atoms with Crippen molar-refractivity contribution in [2.24, 2.45) is 0 Å². The van der Waals surface area contributed by atoms with Crippen LogP contribution in [-0.2, 0) is 23.5 Å². The summed E-state index contributed by atoms with van der Waals surface area (Å²) in [6, 6.07) is 0. The minimum Gasteiger partial charge on any atom is -0.325 e. The highest BCUT2D eigenvalue weighted by Crippen LogP contribution is 2.67. The van der Waals surface area contributed by atoms with E-state index < -0.39 is 7.60 Å². The van der Waals surface area contributed by atoms with Gasteiger partial charge in [0, 0.05) is 5.75 Å². The summed E-state index contributed by atoms with van der Waals surface area (Å²) < 4.78 is 25.4. The minimum atomic E-state index is -3.17. The van der Waals surface area contributed by atoms with Crippen LogP contribution in [0.2, 0.25) is 0 Å². The number of hydrogen-bond donors (Lipinski definition) is 0. The lowest BCUT2D eigenvalue weighted by Gasteiger charge is -2.36. The van der Waals surface area contributed by atoms with Crippen molar-refractivity contribution in [3.8, 4) is 0 Å². The van der Waals surface area contributed by atoms with Gasteiger partial charge in [0.2, 0.25) is 0 Å². The van der Waals surface area contributed by atoms with E-state index in [-0.39, 0.29) is 22.1 Å². The lowest BCUT2D eigenvalue weighted by molar-refractivity contribution is 0.147. The molecule has 0 aliphatic heterocycles. The second kappa shape index (κ2) is 10.0. The monoisotopic (exact) mass is 346 g/mol. The highest BCUT2D eigenvalue weighted by atomic mass is 33.1. The lowest BCUT2D eigenvalue weighted by atomic mass is 10.5. The average Bonchev–Trinajstić information content (AvgIpc) is 2.23. The van der Waals surface area contributed by atoms with Gasteiger partial charge in [0.25, 0.3) is 7.60 Å². The number of thioether (sulfide) groups is 1. The average molecular weight is 347 g/mol. The van der Waals surface area contributed by atoms with Gasteiger partial charge in [0.15, 0.2) is 0 Å². The quantitative estimate of drug-likeness (QED) is 0.237. The fourth-order valence-corrected chi connectivity index (χ4v) is 10.7. The molecule has 0 aliphatic rings. The SMILES string of the molecule is CCS[C-]([S+](C)SCC)P(=O)(OC(C)C)OC(C)C. The van der Waals surface area contributed by atoms with Crippen LogP contribution in [0.25, 0.3) is 0 Å². The van der Waals surface area contributed by atoms with Crippen molar-refractivity contribution in [3.05, 3.63) is 4.32 Å². The van der Waals surface area contributed by atoms with Crippen LogP contribution >= 0.6 is 30.2 Å². The summed E-state index contributed by atoms with van der Waals surface area (Å²) in [5, 5.41) is 0. The van der Waals surface area contributed by atoms with Crippen molar-refractivity contribution in [3.63, 3.8) is 0 Å². The summed E-state index contributed by atoms with van der Waals surface area (Å²) in [6.07, 6.45) is 1.88. The number of rotatable bonds is 10. The van der Waals surface area contributed by atoms with E-state index in [1.165, 1.54) is 0 Å². The predicted molar refractivity (Wildman–Crippen MR) is 92.8 cm³/mol. The van der Waals surface area contributed by atoms with Crippen LogP contribution < -0.4 is 0 Å². The Balaban J connectivity index is 5.16. The largest absolute Gasteiger partial charge is 0.325 e. The summed E-state index contributed by atoms with van der Waals surface area (Å²) in [5.74, 6) is 1.88. The van der Waals surface area contributed by atoms with Gasteiger partial charge in [-0.3, -0.25) is 16.3 Å². The molecule has 0 aromatic heterocycles. The second-order valence-electron chi connectivity index (χ2n) is 4.37. The van der Waals surface area contributed by atoms with Crippen molar-refractivity contribution in [1.82, 2.24) is 0 Å². The zero-order chi connectivity index (χ0) is 15.1. The maximum atomic E-state index is 13.1. The van der Waals surface area contributed by atoms with Crippen LogP contribution in [-0.4, -0.2) is 30.0 Å². The molecule has 0 N–H and O–H groups in total. The second-order valence-corrected chi connectivity index (χ2v) is 12.7. The van der Waals surface area contributed by atoms with E-state index >= 15 is 0 Å². The molecule has 19 heavy (non-hydrogen) atoms. The van der Waals surface area contributed by atoms with E-state index in [4.69, 9.17) is 9.05 Å². The lowest BCUT2D eigenvalue weighted by Crippen LogP contribution is -2.16. The molecule has 0 spiro atoms. The van der Waals surface area contributed by atoms with Gasteiger partial charge in [-0.25, -0.2) is 0 Å². The Morgan fingerprint density at radius 2 is 1.58 bits per heavy atom. The van der Waals surface area contributed by atoms with E-state index in [0.717, 1.165) is 15.8 Å². The van der Waals surface area contributed by atoms with Crippen LogP contribution in [0.4, 0.5) is 0 Å². The van der Waals surface area contributed by atoms with Crippen molar-refractivity contribution >= 4 is 40.1 Å². The Morgan fingerprint density at radius 1 is 1.11 bits per heavy atom. The van der Waals surface area contributed by atoms with Crippen molar-refractivity contribution in [1.29, 1.82) is 0 Å². The molecule has 3 nitrogen and oxygen atoms in total. The van der Waals surface area contributed by atoms with E-state index in [9.17, 15) is 4.57 Å². The third kappa shape index (κ3) is 7.68. The van der Waals surface area contributed by atoms with Gasteiger partial charge in [0.1, 0.15) is 0 Å². The summed E-state index contributed by atoms with van der Waals surface area (Å²) >= 11 is 1.61. The summed E-state index contributed by atoms with van der Waals surface area (Å²) in [4.78, 5) is 0. The molecule has 7 heteroatoms. The highest BCUT2D eigenvalue weighted by molar-refractivity contribution is 8.78. The highest BCUT2D eigenvalue weighted by Gasteiger charge is 2.36. The molecular formula is C12H27O3PS3. The first-order valence-electron chi connectivity index (χ1n) is 6.53. The number of hydrogen-bond acceptors (Lipinski definition) is 5. The fourth-order valence-electron chi connectivity index (χ4n) is 1.34. The maximum Gasteiger partial charge on any atom is 0.250 e. The maximum absolute atomic E-state index is 13.1. The van der Waals surface area contributed by atoms with Crippen LogP contribution in [0, 0.1) is 4.32 Å². The first kappa shape index (κ1) is 20.2. The van der Waals surface area contributed by atoms with Gasteiger partial charge in [-0.1, -0.05) is 23.8 Å². The molecule has 0 aromatic rings.